The predicted octanol–water partition coefficient (Wildman–Crippen LogP) is 4.13. The Morgan fingerprint density at radius 2 is 1.81 bits per heavy atom. The number of rotatable bonds is 5. The van der Waals surface area contributed by atoms with Crippen LogP contribution < -0.4 is 19.9 Å². The molecule has 0 fully saturated rings. The van der Waals surface area contributed by atoms with Crippen molar-refractivity contribution < 1.29 is 22.7 Å². The fourth-order valence-electron chi connectivity index (χ4n) is 3.11. The maximum absolute atomic E-state index is 13.4. The maximum Gasteiger partial charge on any atom is 0.405 e. The summed E-state index contributed by atoms with van der Waals surface area (Å²) < 4.78 is 42.9. The number of benzene rings is 1. The van der Waals surface area contributed by atoms with E-state index in [-0.39, 0.29) is 18.3 Å². The van der Waals surface area contributed by atoms with E-state index >= 15 is 0 Å². The van der Waals surface area contributed by atoms with Crippen molar-refractivity contribution in [3.05, 3.63) is 60.6 Å². The molecular formula is C20H17F3N6O2. The monoisotopic (exact) mass is 430 g/mol. The molecule has 2 aromatic heterocycles. The van der Waals surface area contributed by atoms with Gasteiger partial charge in [-0.2, -0.15) is 18.2 Å². The number of pyridine rings is 1. The largest absolute Gasteiger partial charge is 0.497 e. The third-order valence-corrected chi connectivity index (χ3v) is 4.56. The van der Waals surface area contributed by atoms with Gasteiger partial charge in [0.05, 0.1) is 19.3 Å². The molecule has 160 valence electrons. The highest BCUT2D eigenvalue weighted by Gasteiger charge is 2.35. The number of amides is 2. The normalized spacial score (nSPS) is 13.7. The molecule has 0 unspecified atom stereocenters. The lowest BCUT2D eigenvalue weighted by atomic mass is 10.1. The number of methoxy groups -OCH3 is 1. The third kappa shape index (κ3) is 4.34. The summed E-state index contributed by atoms with van der Waals surface area (Å²) in [7, 11) is 1.52. The number of nitrogens with zero attached hydrogens (tertiary/aromatic N) is 5. The zero-order chi connectivity index (χ0) is 22.0. The molecule has 11 heteroatoms. The van der Waals surface area contributed by atoms with Gasteiger partial charge >= 0.3 is 12.2 Å². The van der Waals surface area contributed by atoms with Crippen molar-refractivity contribution in [1.29, 1.82) is 0 Å². The summed E-state index contributed by atoms with van der Waals surface area (Å²) in [5, 5.41) is 2.16. The zero-order valence-electron chi connectivity index (χ0n) is 16.3. The van der Waals surface area contributed by atoms with Crippen LogP contribution in [0.2, 0.25) is 0 Å². The molecule has 1 N–H and O–H groups in total. The molecule has 1 aliphatic rings. The average Bonchev–Trinajstić information content (AvgIpc) is 2.77. The van der Waals surface area contributed by atoms with Crippen molar-refractivity contribution in [3.8, 4) is 5.75 Å². The van der Waals surface area contributed by atoms with Gasteiger partial charge in [-0.25, -0.2) is 14.7 Å². The van der Waals surface area contributed by atoms with Gasteiger partial charge in [-0.05, 0) is 36.4 Å². The van der Waals surface area contributed by atoms with Crippen LogP contribution in [-0.2, 0) is 6.54 Å². The first-order valence-electron chi connectivity index (χ1n) is 9.18. The topological polar surface area (TPSA) is 83.5 Å². The Morgan fingerprint density at radius 1 is 1.10 bits per heavy atom. The van der Waals surface area contributed by atoms with Crippen LogP contribution in [0, 0.1) is 0 Å². The number of carbonyl (C=O) groups excluding carboxylic acids is 1. The molecule has 3 aromatic rings. The summed E-state index contributed by atoms with van der Waals surface area (Å²) in [5.41, 5.74) is 1.67. The third-order valence-electron chi connectivity index (χ3n) is 4.56. The maximum atomic E-state index is 13.4. The molecule has 3 heterocycles. The first-order chi connectivity index (χ1) is 14.9. The highest BCUT2D eigenvalue weighted by molar-refractivity contribution is 6.10. The summed E-state index contributed by atoms with van der Waals surface area (Å²) >= 11 is 0. The second-order valence-corrected chi connectivity index (χ2v) is 6.62. The van der Waals surface area contributed by atoms with Crippen molar-refractivity contribution in [2.45, 2.75) is 12.7 Å². The molecule has 1 aromatic carbocycles. The predicted molar refractivity (Wildman–Crippen MR) is 108 cm³/mol. The van der Waals surface area contributed by atoms with Crippen LogP contribution in [0.4, 0.5) is 41.1 Å². The van der Waals surface area contributed by atoms with Gasteiger partial charge in [-0.3, -0.25) is 9.88 Å². The molecule has 0 saturated carbocycles. The van der Waals surface area contributed by atoms with E-state index in [1.807, 2.05) is 0 Å². The summed E-state index contributed by atoms with van der Waals surface area (Å²) in [6, 6.07) is 9.66. The quantitative estimate of drug-likeness (QED) is 0.655. The SMILES string of the molecule is COc1ccc(N2C(=O)N(c3ccncc3)Cc3cnc(NCC(F)(F)F)nc32)cc1. The summed E-state index contributed by atoms with van der Waals surface area (Å²) in [6.07, 6.45) is 0.119. The Labute approximate surface area is 175 Å². The van der Waals surface area contributed by atoms with E-state index < -0.39 is 18.8 Å². The minimum absolute atomic E-state index is 0.157. The van der Waals surface area contributed by atoms with Crippen LogP contribution in [0.5, 0.6) is 5.75 Å². The summed E-state index contributed by atoms with van der Waals surface area (Å²) in [4.78, 5) is 28.4. The lowest BCUT2D eigenvalue weighted by molar-refractivity contribution is -0.115. The second kappa shape index (κ2) is 8.09. The fourth-order valence-corrected chi connectivity index (χ4v) is 3.11. The van der Waals surface area contributed by atoms with Crippen LogP contribution in [0.15, 0.2) is 55.0 Å². The van der Waals surface area contributed by atoms with Gasteiger partial charge in [0, 0.05) is 29.8 Å². The summed E-state index contributed by atoms with van der Waals surface area (Å²) in [6.45, 7) is -1.13. The van der Waals surface area contributed by atoms with Crippen LogP contribution in [0.25, 0.3) is 0 Å². The van der Waals surface area contributed by atoms with Crippen molar-refractivity contribution >= 4 is 29.2 Å². The fraction of sp³-hybridized carbons (Fsp3) is 0.200. The molecule has 8 nitrogen and oxygen atoms in total. The number of hydrogen-bond acceptors (Lipinski definition) is 6. The molecule has 0 spiro atoms. The average molecular weight is 430 g/mol. The van der Waals surface area contributed by atoms with Crippen LogP contribution in [0.1, 0.15) is 5.56 Å². The number of urea groups is 1. The molecule has 1 aliphatic heterocycles. The summed E-state index contributed by atoms with van der Waals surface area (Å²) in [5.74, 6) is 0.578. The number of aromatic nitrogens is 3. The molecular weight excluding hydrogens is 413 g/mol. The number of ether oxygens (including phenoxy) is 1. The van der Waals surface area contributed by atoms with Crippen LogP contribution >= 0.6 is 0 Å². The van der Waals surface area contributed by atoms with E-state index in [4.69, 9.17) is 4.74 Å². The number of hydrogen-bond donors (Lipinski definition) is 1. The number of carbonyl (C=O) groups is 1. The Morgan fingerprint density at radius 3 is 2.45 bits per heavy atom. The Kier molecular flexibility index (Phi) is 5.32. The van der Waals surface area contributed by atoms with Crippen molar-refractivity contribution in [2.75, 3.05) is 28.8 Å². The van der Waals surface area contributed by atoms with E-state index in [0.29, 0.717) is 22.7 Å². The number of anilines is 4. The Bertz CT molecular complexity index is 1080. The molecule has 0 aliphatic carbocycles. The highest BCUT2D eigenvalue weighted by atomic mass is 19.4. The van der Waals surface area contributed by atoms with E-state index in [1.54, 1.807) is 48.8 Å². The smallest absolute Gasteiger partial charge is 0.405 e. The Balaban J connectivity index is 1.76. The zero-order valence-corrected chi connectivity index (χ0v) is 16.3. The highest BCUT2D eigenvalue weighted by Crippen LogP contribution is 2.36. The molecule has 0 saturated heterocycles. The van der Waals surface area contributed by atoms with E-state index in [0.717, 1.165) is 0 Å². The van der Waals surface area contributed by atoms with Crippen molar-refractivity contribution in [1.82, 2.24) is 15.0 Å². The molecule has 31 heavy (non-hydrogen) atoms. The number of nitrogens with one attached hydrogen (secondary N) is 1. The van der Waals surface area contributed by atoms with Gasteiger partial charge < -0.3 is 10.1 Å². The molecule has 4 rings (SSSR count). The van der Waals surface area contributed by atoms with Crippen molar-refractivity contribution in [2.24, 2.45) is 0 Å². The van der Waals surface area contributed by atoms with Crippen molar-refractivity contribution in [3.63, 3.8) is 0 Å². The minimum atomic E-state index is -4.43. The number of fused-ring (bicyclic) bond motifs is 1. The first kappa shape index (κ1) is 20.4. The van der Waals surface area contributed by atoms with E-state index in [1.165, 1.54) is 23.1 Å². The molecule has 0 bridgehead atoms. The van der Waals surface area contributed by atoms with Gasteiger partial charge in [0.2, 0.25) is 5.95 Å². The van der Waals surface area contributed by atoms with Gasteiger partial charge in [-0.1, -0.05) is 0 Å². The van der Waals surface area contributed by atoms with E-state index in [2.05, 4.69) is 20.3 Å². The second-order valence-electron chi connectivity index (χ2n) is 6.62. The lowest BCUT2D eigenvalue weighted by Gasteiger charge is -2.36. The standard InChI is InChI=1S/C20H17F3N6O2/c1-31-16-4-2-15(3-5-16)29-17-13(10-25-18(27-17)26-12-20(21,22)23)11-28(19(29)30)14-6-8-24-9-7-14/h2-10H,11-12H2,1H3,(H,25,26,27). The van der Waals surface area contributed by atoms with E-state index in [9.17, 15) is 18.0 Å². The lowest BCUT2D eigenvalue weighted by Crippen LogP contribution is -2.45. The molecule has 0 atom stereocenters. The first-order valence-corrected chi connectivity index (χ1v) is 9.18. The molecule has 0 radical (unpaired) electrons. The van der Waals surface area contributed by atoms with Gasteiger partial charge in [0.15, 0.2) is 5.82 Å². The van der Waals surface area contributed by atoms with Crippen LogP contribution in [0.3, 0.4) is 0 Å². The van der Waals surface area contributed by atoms with Gasteiger partial charge in [-0.15, -0.1) is 0 Å². The van der Waals surface area contributed by atoms with Gasteiger partial charge in [0.1, 0.15) is 12.3 Å². The molecule has 2 amide bonds. The van der Waals surface area contributed by atoms with Crippen LogP contribution in [-0.4, -0.2) is 40.8 Å². The number of alkyl halides is 3. The van der Waals surface area contributed by atoms with Gasteiger partial charge in [0.25, 0.3) is 0 Å². The minimum Gasteiger partial charge on any atom is -0.497 e. The Hall–Kier alpha value is -3.89. The number of halogens is 3.